The van der Waals surface area contributed by atoms with E-state index < -0.39 is 5.60 Å². The molecule has 1 atom stereocenters. The molecule has 0 amide bonds. The predicted octanol–water partition coefficient (Wildman–Crippen LogP) is 3.64. The van der Waals surface area contributed by atoms with E-state index in [4.69, 9.17) is 0 Å². The topological polar surface area (TPSA) is 37.3 Å². The Bertz CT molecular complexity index is 891. The van der Waals surface area contributed by atoms with Gasteiger partial charge in [0.1, 0.15) is 5.60 Å². The molecule has 0 heterocycles. The van der Waals surface area contributed by atoms with E-state index in [1.165, 1.54) is 0 Å². The lowest BCUT2D eigenvalue weighted by Crippen LogP contribution is -2.33. The molecule has 4 rings (SSSR count). The summed E-state index contributed by atoms with van der Waals surface area (Å²) in [6.45, 7) is 1.77. The van der Waals surface area contributed by atoms with Crippen molar-refractivity contribution < 1.29 is 9.90 Å². The second-order valence-corrected chi connectivity index (χ2v) is 5.66. The van der Waals surface area contributed by atoms with E-state index in [1.807, 2.05) is 54.6 Å². The summed E-state index contributed by atoms with van der Waals surface area (Å²) < 4.78 is 0. The molecule has 2 heteroatoms. The van der Waals surface area contributed by atoms with Crippen molar-refractivity contribution in [2.24, 2.45) is 0 Å². The minimum absolute atomic E-state index is 0.0159. The van der Waals surface area contributed by atoms with Gasteiger partial charge in [0.15, 0.2) is 5.78 Å². The maximum absolute atomic E-state index is 12.7. The molecule has 1 aliphatic carbocycles. The average molecular weight is 274 g/mol. The molecule has 0 saturated heterocycles. The highest BCUT2D eigenvalue weighted by Crippen LogP contribution is 2.42. The minimum atomic E-state index is -1.17. The van der Waals surface area contributed by atoms with Crippen LogP contribution in [0.25, 0.3) is 10.8 Å². The monoisotopic (exact) mass is 274 g/mol. The molecule has 1 aliphatic rings. The molecular formula is C19H14O2. The van der Waals surface area contributed by atoms with Crippen molar-refractivity contribution in [3.63, 3.8) is 0 Å². The fourth-order valence-corrected chi connectivity index (χ4v) is 3.37. The van der Waals surface area contributed by atoms with Gasteiger partial charge in [-0.1, -0.05) is 60.7 Å². The van der Waals surface area contributed by atoms with E-state index in [0.29, 0.717) is 22.3 Å². The van der Waals surface area contributed by atoms with E-state index in [9.17, 15) is 9.90 Å². The summed E-state index contributed by atoms with van der Waals surface area (Å²) in [6, 6.07) is 18.9. The summed E-state index contributed by atoms with van der Waals surface area (Å²) in [4.78, 5) is 12.7. The van der Waals surface area contributed by atoms with Gasteiger partial charge in [-0.05, 0) is 23.3 Å². The zero-order valence-electron chi connectivity index (χ0n) is 11.6. The summed E-state index contributed by atoms with van der Waals surface area (Å²) >= 11 is 0. The summed E-state index contributed by atoms with van der Waals surface area (Å²) in [5.41, 5.74) is 1.41. The smallest absolute Gasteiger partial charge is 0.193 e. The van der Waals surface area contributed by atoms with Crippen molar-refractivity contribution in [3.8, 4) is 0 Å². The van der Waals surface area contributed by atoms with Crippen LogP contribution in [0.2, 0.25) is 0 Å². The molecule has 1 N–H and O–H groups in total. The number of hydrogen-bond donors (Lipinski definition) is 1. The average Bonchev–Trinajstić information content (AvgIpc) is 2.52. The van der Waals surface area contributed by atoms with Gasteiger partial charge in [0, 0.05) is 16.7 Å². The molecule has 3 aromatic rings. The van der Waals surface area contributed by atoms with Gasteiger partial charge >= 0.3 is 0 Å². The molecule has 0 fully saturated rings. The third kappa shape index (κ3) is 1.54. The van der Waals surface area contributed by atoms with Gasteiger partial charge in [-0.25, -0.2) is 0 Å². The Kier molecular flexibility index (Phi) is 2.36. The van der Waals surface area contributed by atoms with Gasteiger partial charge < -0.3 is 5.11 Å². The lowest BCUT2D eigenvalue weighted by atomic mass is 9.73. The second kappa shape index (κ2) is 4.03. The summed E-state index contributed by atoms with van der Waals surface area (Å²) in [6.07, 6.45) is 0. The molecule has 0 radical (unpaired) electrons. The fraction of sp³-hybridized carbons (Fsp3) is 0.105. The molecule has 0 bridgehead atoms. The van der Waals surface area contributed by atoms with E-state index >= 15 is 0 Å². The summed E-state index contributed by atoms with van der Waals surface area (Å²) in [5.74, 6) is -0.0159. The number of carbonyl (C=O) groups excluding carboxylic acids is 1. The van der Waals surface area contributed by atoms with Gasteiger partial charge in [-0.3, -0.25) is 4.79 Å². The minimum Gasteiger partial charge on any atom is -0.381 e. The van der Waals surface area contributed by atoms with Gasteiger partial charge in [0.05, 0.1) is 0 Å². The molecule has 0 saturated carbocycles. The lowest BCUT2D eigenvalue weighted by molar-refractivity contribution is 0.0872. The number of carbonyl (C=O) groups is 1. The van der Waals surface area contributed by atoms with Crippen molar-refractivity contribution in [3.05, 3.63) is 82.9 Å². The summed E-state index contributed by atoms with van der Waals surface area (Å²) in [7, 11) is 0. The van der Waals surface area contributed by atoms with Crippen LogP contribution >= 0.6 is 0 Å². The Hall–Kier alpha value is -2.45. The predicted molar refractivity (Wildman–Crippen MR) is 82.5 cm³/mol. The third-order valence-electron chi connectivity index (χ3n) is 4.36. The highest BCUT2D eigenvalue weighted by molar-refractivity contribution is 6.15. The Balaban J connectivity index is 2.17. The van der Waals surface area contributed by atoms with Crippen LogP contribution in [0.4, 0.5) is 0 Å². The number of fused-ring (bicyclic) bond motifs is 4. The van der Waals surface area contributed by atoms with Crippen molar-refractivity contribution in [2.75, 3.05) is 0 Å². The van der Waals surface area contributed by atoms with E-state index in [0.717, 1.165) is 10.8 Å². The number of ketones is 1. The van der Waals surface area contributed by atoms with E-state index in [-0.39, 0.29) is 5.78 Å². The maximum Gasteiger partial charge on any atom is 0.193 e. The highest BCUT2D eigenvalue weighted by Gasteiger charge is 2.39. The molecule has 102 valence electrons. The maximum atomic E-state index is 12.7. The molecule has 0 aromatic heterocycles. The van der Waals surface area contributed by atoms with Gasteiger partial charge in [0.25, 0.3) is 0 Å². The first kappa shape index (κ1) is 12.3. The number of benzene rings is 3. The second-order valence-electron chi connectivity index (χ2n) is 5.66. The Morgan fingerprint density at radius 2 is 1.57 bits per heavy atom. The molecule has 0 spiro atoms. The van der Waals surface area contributed by atoms with E-state index in [1.54, 1.807) is 13.0 Å². The molecule has 1 unspecified atom stereocenters. The zero-order valence-corrected chi connectivity index (χ0v) is 11.6. The van der Waals surface area contributed by atoms with Crippen molar-refractivity contribution in [2.45, 2.75) is 12.5 Å². The lowest BCUT2D eigenvalue weighted by Gasteiger charge is -2.33. The van der Waals surface area contributed by atoms with Crippen LogP contribution in [0.15, 0.2) is 60.7 Å². The molecule has 2 nitrogen and oxygen atoms in total. The number of rotatable bonds is 0. The number of aliphatic hydroxyl groups is 1. The standard InChI is InChI=1S/C19H14O2/c1-19(21)16-9-5-4-8-14(16)18(20)15-11-10-12-6-2-3-7-13(12)17(15)19/h2-11,21H,1H3. The van der Waals surface area contributed by atoms with E-state index in [2.05, 4.69) is 0 Å². The van der Waals surface area contributed by atoms with Crippen LogP contribution in [0, 0.1) is 0 Å². The first-order valence-corrected chi connectivity index (χ1v) is 6.99. The highest BCUT2D eigenvalue weighted by atomic mass is 16.3. The van der Waals surface area contributed by atoms with Crippen molar-refractivity contribution in [1.29, 1.82) is 0 Å². The van der Waals surface area contributed by atoms with Gasteiger partial charge in [-0.15, -0.1) is 0 Å². The largest absolute Gasteiger partial charge is 0.381 e. The third-order valence-corrected chi connectivity index (χ3v) is 4.36. The Morgan fingerprint density at radius 1 is 0.857 bits per heavy atom. The van der Waals surface area contributed by atoms with Crippen molar-refractivity contribution in [1.82, 2.24) is 0 Å². The van der Waals surface area contributed by atoms with Crippen LogP contribution in [0.3, 0.4) is 0 Å². The Morgan fingerprint density at radius 3 is 2.43 bits per heavy atom. The quantitative estimate of drug-likeness (QED) is 0.679. The normalized spacial score (nSPS) is 20.2. The first-order chi connectivity index (χ1) is 10.1. The zero-order chi connectivity index (χ0) is 14.6. The molecule has 3 aromatic carbocycles. The number of hydrogen-bond acceptors (Lipinski definition) is 2. The van der Waals surface area contributed by atoms with Gasteiger partial charge in [-0.2, -0.15) is 0 Å². The SMILES string of the molecule is CC1(O)c2ccccc2C(=O)c2ccc3ccccc3c21. The molecular weight excluding hydrogens is 260 g/mol. The van der Waals surface area contributed by atoms with Gasteiger partial charge in [0.2, 0.25) is 0 Å². The van der Waals surface area contributed by atoms with Crippen LogP contribution in [-0.4, -0.2) is 10.9 Å². The fourth-order valence-electron chi connectivity index (χ4n) is 3.37. The Labute approximate surface area is 122 Å². The first-order valence-electron chi connectivity index (χ1n) is 6.99. The van der Waals surface area contributed by atoms with Crippen LogP contribution in [-0.2, 0) is 5.60 Å². The molecule has 0 aliphatic heterocycles. The van der Waals surface area contributed by atoms with Crippen LogP contribution < -0.4 is 0 Å². The van der Waals surface area contributed by atoms with Crippen molar-refractivity contribution >= 4 is 16.6 Å². The van der Waals surface area contributed by atoms with Crippen LogP contribution in [0.1, 0.15) is 34.0 Å². The van der Waals surface area contributed by atoms with Crippen LogP contribution in [0.5, 0.6) is 0 Å². The summed E-state index contributed by atoms with van der Waals surface area (Å²) in [5, 5.41) is 13.1. The molecule has 21 heavy (non-hydrogen) atoms.